The first kappa shape index (κ1) is 28.4. The summed E-state index contributed by atoms with van der Waals surface area (Å²) in [5.41, 5.74) is 1.20. The second kappa shape index (κ2) is 13.0. The number of carbonyl (C=O) groups is 1. The minimum atomic E-state index is -3.78. The molecule has 7 nitrogen and oxygen atoms in total. The van der Waals surface area contributed by atoms with Gasteiger partial charge in [-0.25, -0.2) is 13.2 Å². The minimum Gasteiger partial charge on any atom is -0.448 e. The molecule has 0 spiro atoms. The van der Waals surface area contributed by atoms with Crippen molar-refractivity contribution in [3.63, 3.8) is 0 Å². The Balaban J connectivity index is 1.22. The number of benzene rings is 2. The Hall–Kier alpha value is -2.13. The Morgan fingerprint density at radius 2 is 1.56 bits per heavy atom. The van der Waals surface area contributed by atoms with E-state index in [1.54, 1.807) is 33.5 Å². The molecule has 3 heterocycles. The molecule has 0 saturated carbocycles. The quantitative estimate of drug-likeness (QED) is 0.441. The fourth-order valence-electron chi connectivity index (χ4n) is 6.34. The predicted octanol–water partition coefficient (Wildman–Crippen LogP) is 5.44. The van der Waals surface area contributed by atoms with Gasteiger partial charge in [-0.1, -0.05) is 48.4 Å². The molecule has 5 rings (SSSR count). The maximum atomic E-state index is 13.8. The van der Waals surface area contributed by atoms with Crippen molar-refractivity contribution in [3.05, 3.63) is 65.2 Å². The first-order valence-corrected chi connectivity index (χ1v) is 16.2. The Morgan fingerprint density at radius 1 is 0.872 bits per heavy atom. The highest BCUT2D eigenvalue weighted by molar-refractivity contribution is 7.89. The number of halogens is 1. The van der Waals surface area contributed by atoms with Gasteiger partial charge in [0.05, 0.1) is 10.9 Å². The molecule has 0 N–H and O–H groups in total. The first-order valence-electron chi connectivity index (χ1n) is 14.4. The van der Waals surface area contributed by atoms with Gasteiger partial charge < -0.3 is 14.5 Å². The van der Waals surface area contributed by atoms with Crippen LogP contribution in [0.5, 0.6) is 0 Å². The molecule has 2 aromatic carbocycles. The molecule has 2 atom stereocenters. The van der Waals surface area contributed by atoms with Gasteiger partial charge in [0.2, 0.25) is 10.0 Å². The molecule has 1 amide bonds. The van der Waals surface area contributed by atoms with E-state index in [9.17, 15) is 13.2 Å². The van der Waals surface area contributed by atoms with Gasteiger partial charge in [0.1, 0.15) is 6.61 Å². The van der Waals surface area contributed by atoms with E-state index >= 15 is 0 Å². The third-order valence-electron chi connectivity index (χ3n) is 8.57. The zero-order valence-corrected chi connectivity index (χ0v) is 24.2. The molecule has 3 aliphatic rings. The van der Waals surface area contributed by atoms with E-state index in [1.165, 1.54) is 37.9 Å². The monoisotopic (exact) mass is 573 g/mol. The third kappa shape index (κ3) is 7.15. The molecule has 3 fully saturated rings. The standard InChI is InChI=1S/C30H40ClN3O4S/c31-26-10-13-29(14-11-26)39(36,37)34-22-25(21-24-7-3-1-4-8-24)9-12-28(34)23-38-30(35)33-19-15-27(16-20-33)32-17-5-2-6-18-32/h1,3-4,7-8,10-11,13-14,25,27-28H,2,5-6,9,12,15-23H2/t25-,28?/m0/s1. The molecule has 9 heteroatoms. The fourth-order valence-corrected chi connectivity index (χ4v) is 8.18. The largest absolute Gasteiger partial charge is 0.448 e. The first-order chi connectivity index (χ1) is 18.9. The van der Waals surface area contributed by atoms with Gasteiger partial charge in [0.15, 0.2) is 0 Å². The van der Waals surface area contributed by atoms with Gasteiger partial charge in [0, 0.05) is 30.7 Å². The molecule has 39 heavy (non-hydrogen) atoms. The van der Waals surface area contributed by atoms with Crippen molar-refractivity contribution in [2.45, 2.75) is 68.3 Å². The summed E-state index contributed by atoms with van der Waals surface area (Å²) in [6.45, 7) is 4.17. The summed E-state index contributed by atoms with van der Waals surface area (Å²) in [5, 5.41) is 0.490. The Labute approximate surface area is 238 Å². The number of ether oxygens (including phenoxy) is 1. The van der Waals surface area contributed by atoms with Crippen LogP contribution in [0.2, 0.25) is 5.02 Å². The lowest BCUT2D eigenvalue weighted by molar-refractivity contribution is 0.0479. The van der Waals surface area contributed by atoms with Crippen LogP contribution in [0.3, 0.4) is 0 Å². The molecule has 3 aliphatic heterocycles. The second-order valence-electron chi connectivity index (χ2n) is 11.2. The van der Waals surface area contributed by atoms with E-state index < -0.39 is 16.1 Å². The van der Waals surface area contributed by atoms with Crippen LogP contribution >= 0.6 is 11.6 Å². The number of amides is 1. The van der Waals surface area contributed by atoms with Crippen LogP contribution in [-0.4, -0.2) is 80.0 Å². The van der Waals surface area contributed by atoms with E-state index in [4.69, 9.17) is 16.3 Å². The van der Waals surface area contributed by atoms with Crippen molar-refractivity contribution in [3.8, 4) is 0 Å². The summed E-state index contributed by atoms with van der Waals surface area (Å²) in [5.74, 6) is 0.190. The molecular formula is C30H40ClN3O4S. The Morgan fingerprint density at radius 3 is 2.26 bits per heavy atom. The molecule has 2 aromatic rings. The van der Waals surface area contributed by atoms with E-state index in [2.05, 4.69) is 17.0 Å². The van der Waals surface area contributed by atoms with E-state index in [-0.39, 0.29) is 23.5 Å². The predicted molar refractivity (Wildman–Crippen MR) is 153 cm³/mol. The number of carbonyl (C=O) groups excluding carboxylic acids is 1. The summed E-state index contributed by atoms with van der Waals surface area (Å²) in [7, 11) is -3.78. The second-order valence-corrected chi connectivity index (χ2v) is 13.5. The van der Waals surface area contributed by atoms with E-state index in [1.807, 2.05) is 18.2 Å². The van der Waals surface area contributed by atoms with Gasteiger partial charge in [0.25, 0.3) is 0 Å². The minimum absolute atomic E-state index is 0.0652. The van der Waals surface area contributed by atoms with Crippen molar-refractivity contribution in [1.29, 1.82) is 0 Å². The van der Waals surface area contributed by atoms with Gasteiger partial charge in [-0.2, -0.15) is 4.31 Å². The van der Waals surface area contributed by atoms with Crippen LogP contribution in [0.4, 0.5) is 4.79 Å². The van der Waals surface area contributed by atoms with Gasteiger partial charge >= 0.3 is 6.09 Å². The van der Waals surface area contributed by atoms with Crippen molar-refractivity contribution in [2.75, 3.05) is 39.3 Å². The van der Waals surface area contributed by atoms with Crippen LogP contribution < -0.4 is 0 Å². The van der Waals surface area contributed by atoms with Crippen LogP contribution in [0.1, 0.15) is 50.5 Å². The SMILES string of the molecule is O=C(OCC1CC[C@@H](Cc2ccccc2)CN1S(=O)(=O)c1ccc(Cl)cc1)N1CCC(N2CCCCC2)CC1. The fraction of sp³-hybridized carbons (Fsp3) is 0.567. The van der Waals surface area contributed by atoms with Crippen LogP contribution in [0.15, 0.2) is 59.5 Å². The van der Waals surface area contributed by atoms with Gasteiger partial charge in [-0.05, 0) is 93.8 Å². The lowest BCUT2D eigenvalue weighted by Gasteiger charge is -2.40. The average molecular weight is 574 g/mol. The molecule has 212 valence electrons. The number of rotatable bonds is 7. The molecule has 0 aromatic heterocycles. The highest BCUT2D eigenvalue weighted by atomic mass is 35.5. The van der Waals surface area contributed by atoms with Crippen molar-refractivity contribution in [1.82, 2.24) is 14.1 Å². The van der Waals surface area contributed by atoms with Crippen molar-refractivity contribution in [2.24, 2.45) is 5.92 Å². The average Bonchev–Trinajstić information content (AvgIpc) is 2.97. The summed E-state index contributed by atoms with van der Waals surface area (Å²) in [6.07, 6.45) is 7.80. The molecule has 3 saturated heterocycles. The molecular weight excluding hydrogens is 534 g/mol. The zero-order valence-electron chi connectivity index (χ0n) is 22.6. The highest BCUT2D eigenvalue weighted by Crippen LogP contribution is 2.31. The third-order valence-corrected chi connectivity index (χ3v) is 10.8. The van der Waals surface area contributed by atoms with Crippen LogP contribution in [0, 0.1) is 5.92 Å². The zero-order chi connectivity index (χ0) is 27.2. The topological polar surface area (TPSA) is 70.2 Å². The van der Waals surface area contributed by atoms with E-state index in [0.29, 0.717) is 37.1 Å². The maximum Gasteiger partial charge on any atom is 0.409 e. The van der Waals surface area contributed by atoms with Crippen LogP contribution in [-0.2, 0) is 21.2 Å². The van der Waals surface area contributed by atoms with Crippen LogP contribution in [0.25, 0.3) is 0 Å². The van der Waals surface area contributed by atoms with Crippen molar-refractivity contribution < 1.29 is 17.9 Å². The lowest BCUT2D eigenvalue weighted by Crippen LogP contribution is -2.51. The molecule has 0 bridgehead atoms. The molecule has 0 radical (unpaired) electrons. The van der Waals surface area contributed by atoms with Gasteiger partial charge in [-0.15, -0.1) is 0 Å². The summed E-state index contributed by atoms with van der Waals surface area (Å²) in [6, 6.07) is 16.6. The Kier molecular flexibility index (Phi) is 9.48. The van der Waals surface area contributed by atoms with E-state index in [0.717, 1.165) is 25.7 Å². The number of hydrogen-bond acceptors (Lipinski definition) is 5. The number of nitrogens with zero attached hydrogens (tertiary/aromatic N) is 3. The Bertz CT molecular complexity index is 1180. The molecule has 1 unspecified atom stereocenters. The smallest absolute Gasteiger partial charge is 0.409 e. The highest BCUT2D eigenvalue weighted by Gasteiger charge is 2.38. The summed E-state index contributed by atoms with van der Waals surface area (Å²) >= 11 is 6.03. The summed E-state index contributed by atoms with van der Waals surface area (Å²) < 4.78 is 34.9. The number of hydrogen-bond donors (Lipinski definition) is 0. The van der Waals surface area contributed by atoms with Gasteiger partial charge in [-0.3, -0.25) is 0 Å². The number of likely N-dealkylation sites (tertiary alicyclic amines) is 2. The lowest BCUT2D eigenvalue weighted by atomic mass is 9.89. The van der Waals surface area contributed by atoms with Crippen molar-refractivity contribution >= 4 is 27.7 Å². The number of sulfonamides is 1. The number of piperidine rings is 3. The molecule has 0 aliphatic carbocycles. The normalized spacial score (nSPS) is 24.0. The maximum absolute atomic E-state index is 13.8. The summed E-state index contributed by atoms with van der Waals surface area (Å²) in [4.78, 5) is 17.6.